The van der Waals surface area contributed by atoms with Crippen LogP contribution in [0.5, 0.6) is 0 Å². The van der Waals surface area contributed by atoms with Crippen molar-refractivity contribution in [3.8, 4) is 0 Å². The van der Waals surface area contributed by atoms with Crippen LogP contribution in [0.25, 0.3) is 0 Å². The Morgan fingerprint density at radius 1 is 1.16 bits per heavy atom. The van der Waals surface area contributed by atoms with E-state index in [9.17, 15) is 5.11 Å². The minimum absolute atomic E-state index is 0.140. The van der Waals surface area contributed by atoms with Crippen molar-refractivity contribution in [2.45, 2.75) is 57.8 Å². The van der Waals surface area contributed by atoms with E-state index in [0.717, 1.165) is 12.8 Å². The molecule has 0 saturated carbocycles. The van der Waals surface area contributed by atoms with Gasteiger partial charge in [0, 0.05) is 12.0 Å². The first-order valence-electron chi connectivity index (χ1n) is 7.56. The highest BCUT2D eigenvalue weighted by Crippen LogP contribution is 2.29. The van der Waals surface area contributed by atoms with E-state index in [2.05, 4.69) is 38.1 Å². The molecule has 1 atom stereocenters. The van der Waals surface area contributed by atoms with Gasteiger partial charge in [0.1, 0.15) is 0 Å². The van der Waals surface area contributed by atoms with Crippen LogP contribution in [-0.4, -0.2) is 18.3 Å². The molecule has 0 bridgehead atoms. The zero-order valence-electron chi connectivity index (χ0n) is 12.5. The zero-order valence-corrected chi connectivity index (χ0v) is 12.5. The zero-order chi connectivity index (χ0) is 14.1. The van der Waals surface area contributed by atoms with Crippen molar-refractivity contribution in [1.82, 2.24) is 0 Å². The molecule has 0 aliphatic heterocycles. The molecule has 0 fully saturated rings. The van der Waals surface area contributed by atoms with Crippen LogP contribution in [0, 0.1) is 6.92 Å². The average Bonchev–Trinajstić information content (AvgIpc) is 2.43. The molecule has 0 saturated heterocycles. The Morgan fingerprint density at radius 2 is 1.89 bits per heavy atom. The molecular weight excluding hydrogens is 234 g/mol. The predicted molar refractivity (Wildman–Crippen MR) is 82.4 cm³/mol. The number of nitrogens with two attached hydrogens (primary N) is 1. The minimum Gasteiger partial charge on any atom is -0.395 e. The number of benzene rings is 1. The highest BCUT2D eigenvalue weighted by molar-refractivity contribution is 5.30. The lowest BCUT2D eigenvalue weighted by Gasteiger charge is -2.31. The summed E-state index contributed by atoms with van der Waals surface area (Å²) in [6, 6.07) is 8.41. The van der Waals surface area contributed by atoms with Crippen molar-refractivity contribution in [3.05, 3.63) is 35.4 Å². The fraction of sp³-hybridized carbons (Fsp3) is 0.647. The summed E-state index contributed by atoms with van der Waals surface area (Å²) in [6.07, 6.45) is 7.22. The van der Waals surface area contributed by atoms with Crippen molar-refractivity contribution in [2.75, 3.05) is 13.2 Å². The third kappa shape index (κ3) is 4.63. The fourth-order valence-electron chi connectivity index (χ4n) is 2.64. The van der Waals surface area contributed by atoms with Gasteiger partial charge >= 0.3 is 0 Å². The van der Waals surface area contributed by atoms with E-state index in [1.807, 2.05) is 0 Å². The molecule has 1 rings (SSSR count). The van der Waals surface area contributed by atoms with Crippen molar-refractivity contribution >= 4 is 0 Å². The molecule has 1 aromatic carbocycles. The molecule has 1 aromatic rings. The van der Waals surface area contributed by atoms with Gasteiger partial charge in [-0.05, 0) is 18.9 Å². The van der Waals surface area contributed by atoms with Crippen LogP contribution >= 0.6 is 0 Å². The summed E-state index contributed by atoms with van der Waals surface area (Å²) in [5, 5.41) is 9.84. The van der Waals surface area contributed by atoms with E-state index in [-0.39, 0.29) is 12.0 Å². The van der Waals surface area contributed by atoms with Crippen LogP contribution in [0.2, 0.25) is 0 Å². The normalized spacial score (nSPS) is 14.3. The number of aliphatic hydroxyl groups excluding tert-OH is 1. The molecule has 0 spiro atoms. The third-order valence-electron chi connectivity index (χ3n) is 4.08. The molecule has 0 aliphatic carbocycles. The second-order valence-electron chi connectivity index (χ2n) is 5.68. The van der Waals surface area contributed by atoms with E-state index < -0.39 is 0 Å². The van der Waals surface area contributed by atoms with Crippen LogP contribution in [-0.2, 0) is 5.41 Å². The molecule has 1 unspecified atom stereocenters. The highest BCUT2D eigenvalue weighted by atomic mass is 16.3. The fourth-order valence-corrected chi connectivity index (χ4v) is 2.64. The third-order valence-corrected chi connectivity index (χ3v) is 4.08. The maximum atomic E-state index is 9.84. The minimum atomic E-state index is -0.252. The Bertz CT molecular complexity index is 358. The number of hydrogen-bond acceptors (Lipinski definition) is 2. The van der Waals surface area contributed by atoms with Crippen LogP contribution < -0.4 is 5.73 Å². The standard InChI is InChI=1S/C17H29NO/c1-3-4-5-6-7-11-17(13-18,14-19)16-10-8-9-15(2)12-16/h8-10,12,19H,3-7,11,13-14,18H2,1-2H3. The molecule has 0 aliphatic rings. The summed E-state index contributed by atoms with van der Waals surface area (Å²) in [6.45, 7) is 4.97. The van der Waals surface area contributed by atoms with Crippen LogP contribution in [0.1, 0.15) is 56.6 Å². The Kier molecular flexibility index (Phi) is 7.11. The summed E-state index contributed by atoms with van der Waals surface area (Å²) < 4.78 is 0. The topological polar surface area (TPSA) is 46.2 Å². The maximum absolute atomic E-state index is 9.84. The van der Waals surface area contributed by atoms with E-state index in [1.165, 1.54) is 36.8 Å². The van der Waals surface area contributed by atoms with Crippen molar-refractivity contribution in [3.63, 3.8) is 0 Å². The molecule has 0 aromatic heterocycles. The summed E-state index contributed by atoms with van der Waals surface area (Å²) in [4.78, 5) is 0. The predicted octanol–water partition coefficient (Wildman–Crippen LogP) is 3.54. The quantitative estimate of drug-likeness (QED) is 0.669. The van der Waals surface area contributed by atoms with Crippen LogP contribution in [0.3, 0.4) is 0 Å². The molecule has 108 valence electrons. The number of aryl methyl sites for hydroxylation is 1. The van der Waals surface area contributed by atoms with Gasteiger partial charge in [-0.2, -0.15) is 0 Å². The molecule has 0 radical (unpaired) electrons. The number of hydrogen-bond donors (Lipinski definition) is 2. The lowest BCUT2D eigenvalue weighted by molar-refractivity contribution is 0.184. The number of aliphatic hydroxyl groups is 1. The number of rotatable bonds is 9. The van der Waals surface area contributed by atoms with E-state index in [0.29, 0.717) is 6.54 Å². The van der Waals surface area contributed by atoms with Crippen molar-refractivity contribution in [2.24, 2.45) is 5.73 Å². The first-order chi connectivity index (χ1) is 9.18. The first kappa shape index (κ1) is 16.2. The molecule has 2 nitrogen and oxygen atoms in total. The molecule has 0 heterocycles. The second kappa shape index (κ2) is 8.34. The van der Waals surface area contributed by atoms with Gasteiger partial charge in [0.2, 0.25) is 0 Å². The Morgan fingerprint density at radius 3 is 2.47 bits per heavy atom. The molecular formula is C17H29NO. The monoisotopic (exact) mass is 263 g/mol. The molecule has 0 amide bonds. The van der Waals surface area contributed by atoms with Gasteiger partial charge in [-0.3, -0.25) is 0 Å². The van der Waals surface area contributed by atoms with Crippen molar-refractivity contribution < 1.29 is 5.11 Å². The van der Waals surface area contributed by atoms with Crippen LogP contribution in [0.4, 0.5) is 0 Å². The van der Waals surface area contributed by atoms with Gasteiger partial charge in [0.15, 0.2) is 0 Å². The highest BCUT2D eigenvalue weighted by Gasteiger charge is 2.29. The van der Waals surface area contributed by atoms with Crippen LogP contribution in [0.15, 0.2) is 24.3 Å². The molecule has 19 heavy (non-hydrogen) atoms. The summed E-state index contributed by atoms with van der Waals surface area (Å²) in [7, 11) is 0. The number of unbranched alkanes of at least 4 members (excludes halogenated alkanes) is 4. The van der Waals surface area contributed by atoms with Gasteiger partial charge in [0.05, 0.1) is 6.61 Å². The summed E-state index contributed by atoms with van der Waals surface area (Å²) >= 11 is 0. The SMILES string of the molecule is CCCCCCCC(CN)(CO)c1cccc(C)c1. The average molecular weight is 263 g/mol. The lowest BCUT2D eigenvalue weighted by Crippen LogP contribution is -2.38. The van der Waals surface area contributed by atoms with Gasteiger partial charge in [-0.1, -0.05) is 68.9 Å². The van der Waals surface area contributed by atoms with E-state index >= 15 is 0 Å². The molecule has 2 heteroatoms. The second-order valence-corrected chi connectivity index (χ2v) is 5.68. The Labute approximate surface area is 118 Å². The van der Waals surface area contributed by atoms with Gasteiger partial charge in [-0.15, -0.1) is 0 Å². The summed E-state index contributed by atoms with van der Waals surface area (Å²) in [5.41, 5.74) is 8.15. The Balaban J connectivity index is 2.68. The first-order valence-corrected chi connectivity index (χ1v) is 7.56. The lowest BCUT2D eigenvalue weighted by atomic mass is 9.76. The van der Waals surface area contributed by atoms with E-state index in [4.69, 9.17) is 5.73 Å². The smallest absolute Gasteiger partial charge is 0.0540 e. The molecule has 3 N–H and O–H groups in total. The van der Waals surface area contributed by atoms with Gasteiger partial charge in [0.25, 0.3) is 0 Å². The van der Waals surface area contributed by atoms with Crippen molar-refractivity contribution in [1.29, 1.82) is 0 Å². The van der Waals surface area contributed by atoms with Gasteiger partial charge in [-0.25, -0.2) is 0 Å². The van der Waals surface area contributed by atoms with Gasteiger partial charge < -0.3 is 10.8 Å². The largest absolute Gasteiger partial charge is 0.395 e. The Hall–Kier alpha value is -0.860. The summed E-state index contributed by atoms with van der Waals surface area (Å²) in [5.74, 6) is 0. The van der Waals surface area contributed by atoms with E-state index in [1.54, 1.807) is 0 Å². The maximum Gasteiger partial charge on any atom is 0.0540 e.